The number of sulfone groups is 1. The molecular formula is C11H16N2O5S2. The van der Waals surface area contributed by atoms with Crippen LogP contribution in [0.3, 0.4) is 0 Å². The number of carbonyl (C=O) groups excluding carboxylic acids is 1. The maximum atomic E-state index is 12.0. The van der Waals surface area contributed by atoms with Crippen molar-refractivity contribution in [1.82, 2.24) is 4.72 Å². The third-order valence-corrected chi connectivity index (χ3v) is 4.68. The third kappa shape index (κ3) is 6.13. The van der Waals surface area contributed by atoms with Crippen LogP contribution in [0.25, 0.3) is 0 Å². The normalized spacial score (nSPS) is 13.8. The second-order valence-corrected chi connectivity index (χ2v) is 8.27. The Morgan fingerprint density at radius 2 is 1.75 bits per heavy atom. The first-order valence-corrected chi connectivity index (χ1v) is 9.31. The molecule has 0 aliphatic rings. The maximum Gasteiger partial charge on any atom is 0.236 e. The summed E-state index contributed by atoms with van der Waals surface area (Å²) in [4.78, 5) is 11.1. The van der Waals surface area contributed by atoms with Crippen LogP contribution in [0.2, 0.25) is 0 Å². The minimum absolute atomic E-state index is 0.289. The van der Waals surface area contributed by atoms with Gasteiger partial charge in [0.2, 0.25) is 15.9 Å². The lowest BCUT2D eigenvalue weighted by Crippen LogP contribution is -2.48. The zero-order valence-corrected chi connectivity index (χ0v) is 12.4. The average molecular weight is 320 g/mol. The minimum Gasteiger partial charge on any atom is -0.368 e. The van der Waals surface area contributed by atoms with Crippen molar-refractivity contribution in [2.24, 2.45) is 5.73 Å². The highest BCUT2D eigenvalue weighted by molar-refractivity contribution is 7.91. The molecule has 0 unspecified atom stereocenters. The Balaban J connectivity index is 2.84. The fourth-order valence-corrected chi connectivity index (χ4v) is 3.97. The van der Waals surface area contributed by atoms with Crippen molar-refractivity contribution in [1.29, 1.82) is 0 Å². The van der Waals surface area contributed by atoms with E-state index in [4.69, 9.17) is 5.73 Å². The molecule has 0 fully saturated rings. The number of carbonyl (C=O) groups is 1. The Morgan fingerprint density at radius 3 is 2.20 bits per heavy atom. The number of sulfonamides is 1. The Hall–Kier alpha value is -1.45. The molecule has 0 aliphatic heterocycles. The van der Waals surface area contributed by atoms with E-state index < -0.39 is 37.6 Å². The molecule has 0 heterocycles. The van der Waals surface area contributed by atoms with Gasteiger partial charge in [0.1, 0.15) is 6.04 Å². The first kappa shape index (κ1) is 16.6. The lowest BCUT2D eigenvalue weighted by atomic mass is 10.2. The Labute approximate surface area is 118 Å². The summed E-state index contributed by atoms with van der Waals surface area (Å²) in [5.41, 5.74) is 5.57. The maximum absolute atomic E-state index is 12.0. The number of nitrogens with one attached hydrogen (secondary N) is 1. The summed E-state index contributed by atoms with van der Waals surface area (Å²) in [6.07, 6.45) is 0.826. The zero-order valence-electron chi connectivity index (χ0n) is 10.8. The Bertz CT molecular complexity index is 668. The van der Waals surface area contributed by atoms with Gasteiger partial charge in [-0.3, -0.25) is 4.79 Å². The summed E-state index contributed by atoms with van der Waals surface area (Å²) < 4.78 is 48.0. The quantitative estimate of drug-likeness (QED) is 0.667. The van der Waals surface area contributed by atoms with Gasteiger partial charge in [-0.05, 0) is 5.56 Å². The summed E-state index contributed by atoms with van der Waals surface area (Å²) >= 11 is 0. The topological polar surface area (TPSA) is 123 Å². The second-order valence-electron chi connectivity index (χ2n) is 4.39. The number of amides is 1. The van der Waals surface area contributed by atoms with E-state index in [0.29, 0.717) is 5.56 Å². The molecule has 1 atom stereocenters. The lowest BCUT2D eigenvalue weighted by Gasteiger charge is -2.14. The van der Waals surface area contributed by atoms with Gasteiger partial charge in [0.05, 0.1) is 17.8 Å². The SMILES string of the molecule is CS(=O)(=O)N[C@@H](CS(=O)(=O)Cc1ccccc1)C(N)=O. The smallest absolute Gasteiger partial charge is 0.236 e. The van der Waals surface area contributed by atoms with Gasteiger partial charge in [0, 0.05) is 0 Å². The van der Waals surface area contributed by atoms with E-state index in [1.165, 1.54) is 0 Å². The molecule has 0 bridgehead atoms. The van der Waals surface area contributed by atoms with Crippen molar-refractivity contribution in [3.63, 3.8) is 0 Å². The standard InChI is InChI=1S/C11H16N2O5S2/c1-19(15,16)13-10(11(12)14)8-20(17,18)7-9-5-3-2-4-6-9/h2-6,10,13H,7-8H2,1H3,(H2,12,14)/t10-/m0/s1. The molecule has 1 aromatic carbocycles. The molecular weight excluding hydrogens is 304 g/mol. The fraction of sp³-hybridized carbons (Fsp3) is 0.364. The molecule has 7 nitrogen and oxygen atoms in total. The number of nitrogens with two attached hydrogens (primary N) is 1. The molecule has 0 radical (unpaired) electrons. The van der Waals surface area contributed by atoms with Crippen LogP contribution in [0.1, 0.15) is 5.56 Å². The fourth-order valence-electron chi connectivity index (χ4n) is 1.57. The van der Waals surface area contributed by atoms with Crippen molar-refractivity contribution in [2.45, 2.75) is 11.8 Å². The van der Waals surface area contributed by atoms with E-state index in [1.807, 2.05) is 4.72 Å². The van der Waals surface area contributed by atoms with E-state index in [-0.39, 0.29) is 5.75 Å². The summed E-state index contributed by atoms with van der Waals surface area (Å²) in [5.74, 6) is -2.00. The van der Waals surface area contributed by atoms with Crippen molar-refractivity contribution in [3.05, 3.63) is 35.9 Å². The van der Waals surface area contributed by atoms with E-state index >= 15 is 0 Å². The molecule has 1 amide bonds. The highest BCUT2D eigenvalue weighted by Gasteiger charge is 2.26. The molecule has 0 aliphatic carbocycles. The molecule has 9 heteroatoms. The monoisotopic (exact) mass is 320 g/mol. The number of rotatable bonds is 7. The zero-order chi connectivity index (χ0) is 15.4. The van der Waals surface area contributed by atoms with Crippen LogP contribution in [-0.2, 0) is 30.4 Å². The summed E-state index contributed by atoms with van der Waals surface area (Å²) in [7, 11) is -7.41. The number of hydrogen-bond donors (Lipinski definition) is 2. The van der Waals surface area contributed by atoms with Gasteiger partial charge in [0.25, 0.3) is 0 Å². The molecule has 0 spiro atoms. The second kappa shape index (κ2) is 6.33. The highest BCUT2D eigenvalue weighted by atomic mass is 32.2. The summed E-state index contributed by atoms with van der Waals surface area (Å²) in [6, 6.07) is 6.89. The molecule has 0 saturated heterocycles. The van der Waals surface area contributed by atoms with Crippen LogP contribution in [0.4, 0.5) is 0 Å². The molecule has 20 heavy (non-hydrogen) atoms. The molecule has 0 aromatic heterocycles. The van der Waals surface area contributed by atoms with Crippen LogP contribution in [-0.4, -0.2) is 40.8 Å². The first-order chi connectivity index (χ1) is 9.09. The van der Waals surface area contributed by atoms with Crippen molar-refractivity contribution < 1.29 is 21.6 Å². The van der Waals surface area contributed by atoms with Crippen molar-refractivity contribution in [3.8, 4) is 0 Å². The van der Waals surface area contributed by atoms with E-state index in [2.05, 4.69) is 0 Å². The highest BCUT2D eigenvalue weighted by Crippen LogP contribution is 2.07. The van der Waals surface area contributed by atoms with Crippen LogP contribution in [0.5, 0.6) is 0 Å². The largest absolute Gasteiger partial charge is 0.368 e. The summed E-state index contributed by atoms with van der Waals surface area (Å²) in [5, 5.41) is 0. The van der Waals surface area contributed by atoms with Crippen LogP contribution in [0.15, 0.2) is 30.3 Å². The van der Waals surface area contributed by atoms with Crippen LogP contribution < -0.4 is 10.5 Å². The molecule has 112 valence electrons. The number of benzene rings is 1. The third-order valence-electron chi connectivity index (χ3n) is 2.35. The Morgan fingerprint density at radius 1 is 1.20 bits per heavy atom. The minimum atomic E-state index is -3.73. The summed E-state index contributed by atoms with van der Waals surface area (Å²) in [6.45, 7) is 0. The van der Waals surface area contributed by atoms with Gasteiger partial charge in [-0.15, -0.1) is 0 Å². The van der Waals surface area contributed by atoms with E-state index in [9.17, 15) is 21.6 Å². The van der Waals surface area contributed by atoms with Gasteiger partial charge < -0.3 is 5.73 Å². The molecule has 0 saturated carbocycles. The van der Waals surface area contributed by atoms with Gasteiger partial charge in [-0.1, -0.05) is 30.3 Å². The van der Waals surface area contributed by atoms with E-state index in [1.54, 1.807) is 30.3 Å². The predicted octanol–water partition coefficient (Wildman–Crippen LogP) is -0.995. The molecule has 1 aromatic rings. The lowest BCUT2D eigenvalue weighted by molar-refractivity contribution is -0.119. The first-order valence-electron chi connectivity index (χ1n) is 5.60. The Kier molecular flexibility index (Phi) is 5.26. The van der Waals surface area contributed by atoms with Crippen molar-refractivity contribution in [2.75, 3.05) is 12.0 Å². The van der Waals surface area contributed by atoms with Crippen LogP contribution in [0, 0.1) is 0 Å². The molecule has 1 rings (SSSR count). The van der Waals surface area contributed by atoms with Gasteiger partial charge in [0.15, 0.2) is 9.84 Å². The van der Waals surface area contributed by atoms with Gasteiger partial charge in [-0.25, -0.2) is 21.6 Å². The van der Waals surface area contributed by atoms with Gasteiger partial charge >= 0.3 is 0 Å². The van der Waals surface area contributed by atoms with Crippen molar-refractivity contribution >= 4 is 25.8 Å². The van der Waals surface area contributed by atoms with E-state index in [0.717, 1.165) is 6.26 Å². The van der Waals surface area contributed by atoms with Crippen LogP contribution >= 0.6 is 0 Å². The molecule has 3 N–H and O–H groups in total. The average Bonchev–Trinajstić information content (AvgIpc) is 2.26. The van der Waals surface area contributed by atoms with Gasteiger partial charge in [-0.2, -0.15) is 0 Å². The number of primary amides is 1. The number of hydrogen-bond acceptors (Lipinski definition) is 5. The predicted molar refractivity (Wildman–Crippen MR) is 74.9 cm³/mol.